The number of hydrogen-bond donors (Lipinski definition) is 3. The number of benzene rings is 2. The van der Waals surface area contributed by atoms with Gasteiger partial charge in [-0.25, -0.2) is 0 Å². The fraction of sp³-hybridized carbons (Fsp3) is 0.333. The van der Waals surface area contributed by atoms with Crippen LogP contribution < -0.4 is 16.8 Å². The van der Waals surface area contributed by atoms with E-state index in [1.807, 2.05) is 55.5 Å². The van der Waals surface area contributed by atoms with Crippen molar-refractivity contribution < 1.29 is 9.59 Å². The van der Waals surface area contributed by atoms with E-state index in [0.717, 1.165) is 36.1 Å². The Morgan fingerprint density at radius 2 is 1.86 bits per heavy atom. The van der Waals surface area contributed by atoms with Crippen molar-refractivity contribution in [3.63, 3.8) is 0 Å². The van der Waals surface area contributed by atoms with E-state index in [0.29, 0.717) is 12.2 Å². The molecule has 1 fully saturated rings. The van der Waals surface area contributed by atoms with Crippen molar-refractivity contribution >= 4 is 42.3 Å². The normalized spacial score (nSPS) is 17.0. The Bertz CT molecular complexity index is 830. The lowest BCUT2D eigenvalue weighted by Gasteiger charge is -2.22. The van der Waals surface area contributed by atoms with Crippen LogP contribution in [0.2, 0.25) is 0 Å². The lowest BCUT2D eigenvalue weighted by atomic mass is 10.1. The van der Waals surface area contributed by atoms with Crippen LogP contribution in [-0.4, -0.2) is 29.3 Å². The second kappa shape index (κ2) is 11.2. The van der Waals surface area contributed by atoms with Crippen LogP contribution in [0.15, 0.2) is 48.5 Å². The van der Waals surface area contributed by atoms with Gasteiger partial charge in [0.05, 0.1) is 6.04 Å². The monoisotopic (exact) mass is 438 g/mol. The first-order valence-electron chi connectivity index (χ1n) is 9.19. The first kappa shape index (κ1) is 24.9. The highest BCUT2D eigenvalue weighted by Crippen LogP contribution is 2.22. The zero-order valence-electron chi connectivity index (χ0n) is 16.3. The minimum absolute atomic E-state index is 0. The molecule has 2 aromatic rings. The van der Waals surface area contributed by atoms with E-state index in [-0.39, 0.29) is 42.7 Å². The summed E-state index contributed by atoms with van der Waals surface area (Å²) in [5, 5.41) is 2.88. The Morgan fingerprint density at radius 1 is 1.17 bits per heavy atom. The second-order valence-corrected chi connectivity index (χ2v) is 7.11. The number of carbonyl (C=O) groups excluding carboxylic acids is 2. The molecule has 2 unspecified atom stereocenters. The van der Waals surface area contributed by atoms with Gasteiger partial charge in [0.1, 0.15) is 6.04 Å². The maximum atomic E-state index is 12.5. The first-order chi connectivity index (χ1) is 12.9. The Balaban J connectivity index is 0.00000210. The molecule has 8 heteroatoms. The molecule has 0 radical (unpaired) electrons. The lowest BCUT2D eigenvalue weighted by molar-refractivity contribution is -0.122. The van der Waals surface area contributed by atoms with Gasteiger partial charge in [-0.15, -0.1) is 24.8 Å². The number of likely N-dealkylation sites (tertiary alicyclic amines) is 1. The second-order valence-electron chi connectivity index (χ2n) is 7.11. The summed E-state index contributed by atoms with van der Waals surface area (Å²) in [7, 11) is 0. The molecular weight excluding hydrogens is 411 g/mol. The Morgan fingerprint density at radius 3 is 2.52 bits per heavy atom. The summed E-state index contributed by atoms with van der Waals surface area (Å²) in [6.07, 6.45) is 1.77. The number of hydrogen-bond acceptors (Lipinski definition) is 4. The van der Waals surface area contributed by atoms with Crippen molar-refractivity contribution in [2.45, 2.75) is 38.4 Å². The summed E-state index contributed by atoms with van der Waals surface area (Å²) in [6, 6.07) is 14.3. The average Bonchev–Trinajstić information content (AvgIpc) is 3.10. The van der Waals surface area contributed by atoms with Gasteiger partial charge in [-0.1, -0.05) is 42.0 Å². The average molecular weight is 439 g/mol. The van der Waals surface area contributed by atoms with E-state index >= 15 is 0 Å². The maximum Gasteiger partial charge on any atom is 0.245 e. The number of primary amides is 1. The number of nitrogens with one attached hydrogen (secondary N) is 1. The summed E-state index contributed by atoms with van der Waals surface area (Å²) in [6.45, 7) is 3.47. The van der Waals surface area contributed by atoms with E-state index in [1.165, 1.54) is 0 Å². The third-order valence-electron chi connectivity index (χ3n) is 4.99. The van der Waals surface area contributed by atoms with Crippen LogP contribution in [0.25, 0.3) is 0 Å². The minimum atomic E-state index is -0.730. The Labute approximate surface area is 183 Å². The van der Waals surface area contributed by atoms with Gasteiger partial charge in [-0.2, -0.15) is 0 Å². The summed E-state index contributed by atoms with van der Waals surface area (Å²) in [4.78, 5) is 26.1. The van der Waals surface area contributed by atoms with E-state index < -0.39 is 6.04 Å². The van der Waals surface area contributed by atoms with Gasteiger partial charge < -0.3 is 16.8 Å². The van der Waals surface area contributed by atoms with Crippen LogP contribution in [0, 0.1) is 6.92 Å². The predicted octanol–water partition coefficient (Wildman–Crippen LogP) is 2.93. The molecule has 2 aromatic carbocycles. The molecule has 2 amide bonds. The van der Waals surface area contributed by atoms with Crippen molar-refractivity contribution in [1.82, 2.24) is 4.90 Å². The molecule has 6 nitrogen and oxygen atoms in total. The summed E-state index contributed by atoms with van der Waals surface area (Å²) in [5.41, 5.74) is 15.2. The van der Waals surface area contributed by atoms with Gasteiger partial charge in [-0.05, 0) is 49.6 Å². The van der Waals surface area contributed by atoms with Gasteiger partial charge in [-0.3, -0.25) is 14.5 Å². The van der Waals surface area contributed by atoms with Crippen LogP contribution >= 0.6 is 24.8 Å². The van der Waals surface area contributed by atoms with Crippen molar-refractivity contribution in [2.24, 2.45) is 11.5 Å². The summed E-state index contributed by atoms with van der Waals surface area (Å²) in [5.74, 6) is -0.534. The van der Waals surface area contributed by atoms with Gasteiger partial charge in [0.15, 0.2) is 0 Å². The molecule has 1 aliphatic rings. The smallest absolute Gasteiger partial charge is 0.245 e. The highest BCUT2D eigenvalue weighted by Gasteiger charge is 2.28. The van der Waals surface area contributed by atoms with Crippen molar-refractivity contribution in [1.29, 1.82) is 0 Å². The van der Waals surface area contributed by atoms with Gasteiger partial charge >= 0.3 is 0 Å². The molecule has 1 aliphatic heterocycles. The molecule has 5 N–H and O–H groups in total. The van der Waals surface area contributed by atoms with Crippen molar-refractivity contribution in [3.8, 4) is 0 Å². The zero-order valence-corrected chi connectivity index (χ0v) is 18.0. The molecule has 29 heavy (non-hydrogen) atoms. The molecule has 3 rings (SSSR count). The molecule has 1 saturated heterocycles. The van der Waals surface area contributed by atoms with Gasteiger partial charge in [0.25, 0.3) is 0 Å². The molecule has 0 spiro atoms. The van der Waals surface area contributed by atoms with Gasteiger partial charge in [0, 0.05) is 12.2 Å². The number of carbonyl (C=O) groups is 2. The summed E-state index contributed by atoms with van der Waals surface area (Å²) < 4.78 is 0. The van der Waals surface area contributed by atoms with Crippen LogP contribution in [0.4, 0.5) is 5.69 Å². The van der Waals surface area contributed by atoms with Gasteiger partial charge in [0.2, 0.25) is 11.8 Å². The number of rotatable bonds is 6. The molecule has 158 valence electrons. The predicted molar refractivity (Wildman–Crippen MR) is 120 cm³/mol. The molecule has 0 saturated carbocycles. The van der Waals surface area contributed by atoms with Crippen molar-refractivity contribution in [3.05, 3.63) is 65.2 Å². The molecule has 0 bridgehead atoms. The SMILES string of the molecule is Cc1ccc(C(N)C(=O)Nc2cccc(CN3CCCC3C(N)=O)c2)cc1.Cl.Cl. The van der Waals surface area contributed by atoms with E-state index in [9.17, 15) is 9.59 Å². The Kier molecular flexibility index (Phi) is 9.59. The number of nitrogens with two attached hydrogens (primary N) is 2. The third kappa shape index (κ3) is 6.44. The van der Waals surface area contributed by atoms with Crippen LogP contribution in [0.5, 0.6) is 0 Å². The zero-order chi connectivity index (χ0) is 19.4. The molecule has 0 aliphatic carbocycles. The summed E-state index contributed by atoms with van der Waals surface area (Å²) >= 11 is 0. The highest BCUT2D eigenvalue weighted by atomic mass is 35.5. The fourth-order valence-corrected chi connectivity index (χ4v) is 3.46. The number of halogens is 2. The standard InChI is InChI=1S/C21H26N4O2.2ClH/c1-14-7-9-16(10-8-14)19(22)21(27)24-17-5-2-4-15(12-17)13-25-11-3-6-18(25)20(23)26;;/h2,4-5,7-10,12,18-19H,3,6,11,13,22H2,1H3,(H2,23,26)(H,24,27);2*1H. The van der Waals surface area contributed by atoms with Crippen LogP contribution in [-0.2, 0) is 16.1 Å². The van der Waals surface area contributed by atoms with Crippen molar-refractivity contribution in [2.75, 3.05) is 11.9 Å². The molecule has 0 aromatic heterocycles. The quantitative estimate of drug-likeness (QED) is 0.644. The third-order valence-corrected chi connectivity index (χ3v) is 4.99. The largest absolute Gasteiger partial charge is 0.368 e. The van der Waals surface area contributed by atoms with Crippen LogP contribution in [0.1, 0.15) is 35.6 Å². The number of aryl methyl sites for hydroxylation is 1. The minimum Gasteiger partial charge on any atom is -0.368 e. The van der Waals surface area contributed by atoms with E-state index in [4.69, 9.17) is 11.5 Å². The maximum absolute atomic E-state index is 12.5. The fourth-order valence-electron chi connectivity index (χ4n) is 3.46. The number of anilines is 1. The van der Waals surface area contributed by atoms with E-state index in [2.05, 4.69) is 10.2 Å². The van der Waals surface area contributed by atoms with Crippen LogP contribution in [0.3, 0.4) is 0 Å². The molecule has 1 heterocycles. The topological polar surface area (TPSA) is 101 Å². The number of nitrogens with zero attached hydrogens (tertiary/aromatic N) is 1. The molecular formula is C21H28Cl2N4O2. The number of amides is 2. The Hall–Kier alpha value is -2.12. The van der Waals surface area contributed by atoms with E-state index in [1.54, 1.807) is 0 Å². The highest BCUT2D eigenvalue weighted by molar-refractivity contribution is 5.95. The lowest BCUT2D eigenvalue weighted by Crippen LogP contribution is -2.39. The molecule has 2 atom stereocenters. The first-order valence-corrected chi connectivity index (χ1v) is 9.19.